The summed E-state index contributed by atoms with van der Waals surface area (Å²) >= 11 is 0. The number of hydrogen-bond acceptors (Lipinski definition) is 4. The van der Waals surface area contributed by atoms with Crippen molar-refractivity contribution in [1.82, 2.24) is 5.32 Å². The fourth-order valence-corrected chi connectivity index (χ4v) is 2.86. The van der Waals surface area contributed by atoms with Crippen molar-refractivity contribution >= 4 is 15.9 Å². The molecule has 1 heterocycles. The van der Waals surface area contributed by atoms with Crippen LogP contribution in [0.3, 0.4) is 0 Å². The van der Waals surface area contributed by atoms with Crippen LogP contribution in [-0.4, -0.2) is 38.7 Å². The van der Waals surface area contributed by atoms with Crippen LogP contribution in [0.25, 0.3) is 0 Å². The monoisotopic (exact) mass is 221 g/mol. The molecule has 14 heavy (non-hydrogen) atoms. The largest absolute Gasteiger partial charge is 0.445 e. The van der Waals surface area contributed by atoms with E-state index in [4.69, 9.17) is 4.74 Å². The summed E-state index contributed by atoms with van der Waals surface area (Å²) in [6, 6.07) is 0. The van der Waals surface area contributed by atoms with Crippen molar-refractivity contribution in [3.63, 3.8) is 0 Å². The summed E-state index contributed by atoms with van der Waals surface area (Å²) < 4.78 is 27.0. The van der Waals surface area contributed by atoms with E-state index in [-0.39, 0.29) is 11.5 Å². The lowest BCUT2D eigenvalue weighted by Gasteiger charge is -2.10. The van der Waals surface area contributed by atoms with Gasteiger partial charge in [-0.05, 0) is 12.8 Å². The van der Waals surface area contributed by atoms with Gasteiger partial charge < -0.3 is 10.1 Å². The van der Waals surface area contributed by atoms with Crippen molar-refractivity contribution < 1.29 is 17.9 Å². The number of carbonyl (C=O) groups excluding carboxylic acids is 1. The summed E-state index contributed by atoms with van der Waals surface area (Å²) in [4.78, 5) is 11.0. The van der Waals surface area contributed by atoms with E-state index in [9.17, 15) is 13.2 Å². The number of carbonyl (C=O) groups is 1. The van der Waals surface area contributed by atoms with E-state index >= 15 is 0 Å². The Morgan fingerprint density at radius 2 is 2.29 bits per heavy atom. The molecule has 1 fully saturated rings. The van der Waals surface area contributed by atoms with Crippen LogP contribution >= 0.6 is 0 Å². The molecule has 1 atom stereocenters. The number of sulfone groups is 1. The Morgan fingerprint density at radius 3 is 2.79 bits per heavy atom. The van der Waals surface area contributed by atoms with Crippen molar-refractivity contribution in [2.45, 2.75) is 25.9 Å². The molecule has 0 radical (unpaired) electrons. The first-order valence-corrected chi connectivity index (χ1v) is 6.50. The lowest BCUT2D eigenvalue weighted by atomic mass is 10.3. The molecule has 0 unspecified atom stereocenters. The third kappa shape index (κ3) is 3.53. The first-order valence-electron chi connectivity index (χ1n) is 4.68. The van der Waals surface area contributed by atoms with E-state index in [1.807, 2.05) is 6.92 Å². The zero-order valence-electron chi connectivity index (χ0n) is 8.15. The Labute approximate surface area is 83.7 Å². The van der Waals surface area contributed by atoms with Gasteiger partial charge in [-0.2, -0.15) is 0 Å². The van der Waals surface area contributed by atoms with Crippen LogP contribution in [0.15, 0.2) is 0 Å². The second-order valence-corrected chi connectivity index (χ2v) is 5.59. The summed E-state index contributed by atoms with van der Waals surface area (Å²) in [5.41, 5.74) is 0. The zero-order valence-corrected chi connectivity index (χ0v) is 8.97. The second-order valence-electron chi connectivity index (χ2n) is 3.36. The van der Waals surface area contributed by atoms with Crippen LogP contribution in [0.2, 0.25) is 0 Å². The first kappa shape index (κ1) is 11.3. The minimum absolute atomic E-state index is 0.0352. The molecule has 1 saturated heterocycles. The third-order valence-corrected chi connectivity index (χ3v) is 3.72. The molecule has 82 valence electrons. The van der Waals surface area contributed by atoms with Gasteiger partial charge in [-0.1, -0.05) is 6.92 Å². The topological polar surface area (TPSA) is 72.5 Å². The maximum atomic E-state index is 11.0. The van der Waals surface area contributed by atoms with Gasteiger partial charge in [0, 0.05) is 6.54 Å². The molecule has 1 rings (SSSR count). The zero-order chi connectivity index (χ0) is 10.6. The van der Waals surface area contributed by atoms with Crippen LogP contribution in [0, 0.1) is 0 Å². The predicted octanol–water partition coefficient (Wildman–Crippen LogP) is 0.310. The van der Waals surface area contributed by atoms with Crippen molar-refractivity contribution in [3.8, 4) is 0 Å². The molecule has 0 saturated carbocycles. The van der Waals surface area contributed by atoms with E-state index < -0.39 is 22.0 Å². The molecule has 1 amide bonds. The van der Waals surface area contributed by atoms with Gasteiger partial charge >= 0.3 is 6.09 Å². The molecule has 0 aromatic rings. The number of rotatable bonds is 3. The van der Waals surface area contributed by atoms with Crippen molar-refractivity contribution in [1.29, 1.82) is 0 Å². The van der Waals surface area contributed by atoms with Gasteiger partial charge in [-0.15, -0.1) is 0 Å². The second kappa shape index (κ2) is 4.63. The highest BCUT2D eigenvalue weighted by molar-refractivity contribution is 7.91. The maximum Gasteiger partial charge on any atom is 0.407 e. The Hall–Kier alpha value is -0.780. The molecular weight excluding hydrogens is 206 g/mol. The van der Waals surface area contributed by atoms with Crippen LogP contribution in [-0.2, 0) is 14.6 Å². The number of amides is 1. The van der Waals surface area contributed by atoms with Gasteiger partial charge in [0.15, 0.2) is 9.84 Å². The van der Waals surface area contributed by atoms with Gasteiger partial charge in [0.1, 0.15) is 6.10 Å². The maximum absolute atomic E-state index is 11.0. The summed E-state index contributed by atoms with van der Waals surface area (Å²) in [5.74, 6) is 0.0886. The van der Waals surface area contributed by atoms with Crippen molar-refractivity contribution in [2.75, 3.05) is 18.1 Å². The fraction of sp³-hybridized carbons (Fsp3) is 0.875. The van der Waals surface area contributed by atoms with Gasteiger partial charge in [0.25, 0.3) is 0 Å². The summed E-state index contributed by atoms with van der Waals surface area (Å²) in [6.07, 6.45) is 0.269. The van der Waals surface area contributed by atoms with Gasteiger partial charge in [-0.25, -0.2) is 13.2 Å². The van der Waals surface area contributed by atoms with E-state index in [2.05, 4.69) is 5.32 Å². The standard InChI is InChI=1S/C8H15NO4S/c1-2-4-9-8(10)13-7-3-5-14(11,12)6-7/h7H,2-6H2,1H3,(H,9,10)/t7-/m1/s1. The minimum Gasteiger partial charge on any atom is -0.445 e. The van der Waals surface area contributed by atoms with Gasteiger partial charge in [0.2, 0.25) is 0 Å². The molecule has 0 aliphatic carbocycles. The SMILES string of the molecule is CCCNC(=O)O[C@@H]1CCS(=O)(=O)C1. The van der Waals surface area contributed by atoms with Gasteiger partial charge in [-0.3, -0.25) is 0 Å². The Kier molecular flexibility index (Phi) is 3.74. The van der Waals surface area contributed by atoms with E-state index in [0.29, 0.717) is 13.0 Å². The summed E-state index contributed by atoms with van der Waals surface area (Å²) in [7, 11) is -2.97. The highest BCUT2D eigenvalue weighted by atomic mass is 32.2. The van der Waals surface area contributed by atoms with E-state index in [0.717, 1.165) is 6.42 Å². The van der Waals surface area contributed by atoms with Crippen LogP contribution in [0.1, 0.15) is 19.8 Å². The molecule has 0 bridgehead atoms. The van der Waals surface area contributed by atoms with E-state index in [1.165, 1.54) is 0 Å². The molecule has 0 spiro atoms. The summed E-state index contributed by atoms with van der Waals surface area (Å²) in [6.45, 7) is 2.48. The molecule has 1 N–H and O–H groups in total. The minimum atomic E-state index is -2.97. The van der Waals surface area contributed by atoms with Crippen LogP contribution in [0.4, 0.5) is 4.79 Å². The molecule has 0 aromatic carbocycles. The lowest BCUT2D eigenvalue weighted by Crippen LogP contribution is -2.29. The van der Waals surface area contributed by atoms with Gasteiger partial charge in [0.05, 0.1) is 11.5 Å². The Balaban J connectivity index is 2.29. The molecular formula is C8H15NO4S. The average Bonchev–Trinajstić information content (AvgIpc) is 2.42. The number of hydrogen-bond donors (Lipinski definition) is 1. The number of ether oxygens (including phenoxy) is 1. The average molecular weight is 221 g/mol. The Morgan fingerprint density at radius 1 is 1.57 bits per heavy atom. The highest BCUT2D eigenvalue weighted by Gasteiger charge is 2.30. The van der Waals surface area contributed by atoms with Crippen molar-refractivity contribution in [2.24, 2.45) is 0 Å². The molecule has 5 nitrogen and oxygen atoms in total. The van der Waals surface area contributed by atoms with Crippen LogP contribution < -0.4 is 5.32 Å². The highest BCUT2D eigenvalue weighted by Crippen LogP contribution is 2.14. The smallest absolute Gasteiger partial charge is 0.407 e. The predicted molar refractivity (Wildman–Crippen MR) is 51.8 cm³/mol. The normalized spacial score (nSPS) is 24.5. The fourth-order valence-electron chi connectivity index (χ4n) is 1.27. The number of nitrogens with one attached hydrogen (secondary N) is 1. The Bertz CT molecular complexity index is 298. The van der Waals surface area contributed by atoms with E-state index in [1.54, 1.807) is 0 Å². The quantitative estimate of drug-likeness (QED) is 0.744. The van der Waals surface area contributed by atoms with Crippen LogP contribution in [0.5, 0.6) is 0 Å². The third-order valence-electron chi connectivity index (χ3n) is 1.98. The summed E-state index contributed by atoms with van der Waals surface area (Å²) in [5, 5.41) is 2.53. The van der Waals surface area contributed by atoms with Crippen molar-refractivity contribution in [3.05, 3.63) is 0 Å². The molecule has 0 aromatic heterocycles. The number of alkyl carbamates (subject to hydrolysis) is 1. The molecule has 1 aliphatic heterocycles. The lowest BCUT2D eigenvalue weighted by molar-refractivity contribution is 0.110. The first-order chi connectivity index (χ1) is 6.53. The molecule has 6 heteroatoms. The molecule has 1 aliphatic rings.